The molecule has 16 heavy (non-hydrogen) atoms. The summed E-state index contributed by atoms with van der Waals surface area (Å²) in [4.78, 5) is 11.5. The molecule has 1 heterocycles. The highest BCUT2D eigenvalue weighted by molar-refractivity contribution is 5.00. The van der Waals surface area contributed by atoms with Crippen molar-refractivity contribution in [1.82, 2.24) is 15.1 Å². The van der Waals surface area contributed by atoms with Gasteiger partial charge in [0.2, 0.25) is 0 Å². The summed E-state index contributed by atoms with van der Waals surface area (Å²) < 4.78 is 1.55. The van der Waals surface area contributed by atoms with E-state index in [4.69, 9.17) is 0 Å². The zero-order chi connectivity index (χ0) is 12.0. The molecule has 0 atom stereocenters. The number of nitrogens with zero attached hydrogens (tertiary/aromatic N) is 2. The van der Waals surface area contributed by atoms with Crippen LogP contribution in [0.25, 0.3) is 0 Å². The summed E-state index contributed by atoms with van der Waals surface area (Å²) in [5.74, 6) is 0.434. The second-order valence-electron chi connectivity index (χ2n) is 4.42. The molecule has 1 rings (SSSR count). The lowest BCUT2D eigenvalue weighted by Crippen LogP contribution is -2.26. The fraction of sp³-hybridized carbons (Fsp3) is 0.667. The number of nitrogens with one attached hydrogen (secondary N) is 1. The molecule has 1 N–H and O–H groups in total. The molecule has 1 aromatic heterocycles. The SMILES string of the molecule is CCCNCc1ccc(=O)n(CC(C)C)n1. The summed E-state index contributed by atoms with van der Waals surface area (Å²) >= 11 is 0. The van der Waals surface area contributed by atoms with Crippen LogP contribution in [-0.2, 0) is 13.1 Å². The van der Waals surface area contributed by atoms with Crippen molar-refractivity contribution in [3.63, 3.8) is 0 Å². The van der Waals surface area contributed by atoms with Crippen molar-refractivity contribution in [2.75, 3.05) is 6.54 Å². The van der Waals surface area contributed by atoms with Crippen LogP contribution in [0.1, 0.15) is 32.9 Å². The number of rotatable bonds is 6. The van der Waals surface area contributed by atoms with Crippen molar-refractivity contribution >= 4 is 0 Å². The Morgan fingerprint density at radius 1 is 1.44 bits per heavy atom. The largest absolute Gasteiger partial charge is 0.311 e. The molecule has 4 nitrogen and oxygen atoms in total. The first-order valence-corrected chi connectivity index (χ1v) is 5.91. The van der Waals surface area contributed by atoms with E-state index in [0.29, 0.717) is 12.5 Å². The van der Waals surface area contributed by atoms with Gasteiger partial charge in [0.1, 0.15) is 0 Å². The van der Waals surface area contributed by atoms with Gasteiger partial charge in [-0.05, 0) is 24.9 Å². The van der Waals surface area contributed by atoms with Crippen LogP contribution in [0.3, 0.4) is 0 Å². The highest BCUT2D eigenvalue weighted by Gasteiger charge is 2.02. The second-order valence-corrected chi connectivity index (χ2v) is 4.42. The Kier molecular flexibility index (Phi) is 5.19. The molecule has 0 saturated carbocycles. The maximum atomic E-state index is 11.5. The van der Waals surface area contributed by atoms with Gasteiger partial charge in [-0.25, -0.2) is 4.68 Å². The lowest BCUT2D eigenvalue weighted by Gasteiger charge is -2.09. The summed E-state index contributed by atoms with van der Waals surface area (Å²) in [6.07, 6.45) is 1.10. The third-order valence-corrected chi connectivity index (χ3v) is 2.19. The standard InChI is InChI=1S/C12H21N3O/c1-4-7-13-8-11-5-6-12(16)15(14-11)9-10(2)3/h5-6,10,13H,4,7-9H2,1-3H3. The van der Waals surface area contributed by atoms with E-state index >= 15 is 0 Å². The summed E-state index contributed by atoms with van der Waals surface area (Å²) in [6, 6.07) is 3.39. The van der Waals surface area contributed by atoms with Crippen LogP contribution in [0, 0.1) is 5.92 Å². The number of aromatic nitrogens is 2. The Labute approximate surface area is 96.7 Å². The fourth-order valence-corrected chi connectivity index (χ4v) is 1.46. The molecule has 0 aliphatic carbocycles. The van der Waals surface area contributed by atoms with Gasteiger partial charge in [-0.2, -0.15) is 5.10 Å². The molecule has 0 bridgehead atoms. The highest BCUT2D eigenvalue weighted by atomic mass is 16.1. The third-order valence-electron chi connectivity index (χ3n) is 2.19. The Balaban J connectivity index is 2.69. The van der Waals surface area contributed by atoms with Crippen molar-refractivity contribution in [3.8, 4) is 0 Å². The fourth-order valence-electron chi connectivity index (χ4n) is 1.46. The molecule has 0 saturated heterocycles. The monoisotopic (exact) mass is 223 g/mol. The third kappa shape index (κ3) is 4.14. The maximum absolute atomic E-state index is 11.5. The van der Waals surface area contributed by atoms with Crippen molar-refractivity contribution in [2.24, 2.45) is 5.92 Å². The molecule has 0 spiro atoms. The molecule has 1 aromatic rings. The van der Waals surface area contributed by atoms with Crippen LogP contribution in [0.5, 0.6) is 0 Å². The van der Waals surface area contributed by atoms with Gasteiger partial charge in [-0.3, -0.25) is 4.79 Å². The van der Waals surface area contributed by atoms with Gasteiger partial charge in [0.25, 0.3) is 5.56 Å². The first-order chi connectivity index (χ1) is 7.63. The van der Waals surface area contributed by atoms with E-state index < -0.39 is 0 Å². The first kappa shape index (κ1) is 12.9. The van der Waals surface area contributed by atoms with Crippen molar-refractivity contribution < 1.29 is 0 Å². The highest BCUT2D eigenvalue weighted by Crippen LogP contribution is 1.96. The van der Waals surface area contributed by atoms with Gasteiger partial charge in [0.05, 0.1) is 5.69 Å². The van der Waals surface area contributed by atoms with E-state index in [0.717, 1.165) is 25.2 Å². The van der Waals surface area contributed by atoms with E-state index in [1.54, 1.807) is 16.8 Å². The molecule has 0 radical (unpaired) electrons. The van der Waals surface area contributed by atoms with E-state index in [1.165, 1.54) is 0 Å². The molecule has 0 aromatic carbocycles. The van der Waals surface area contributed by atoms with Crippen LogP contribution < -0.4 is 10.9 Å². The Hall–Kier alpha value is -1.16. The van der Waals surface area contributed by atoms with Crippen LogP contribution >= 0.6 is 0 Å². The lowest BCUT2D eigenvalue weighted by molar-refractivity contribution is 0.455. The normalized spacial score (nSPS) is 11.0. The van der Waals surface area contributed by atoms with Crippen molar-refractivity contribution in [1.29, 1.82) is 0 Å². The molecule has 0 fully saturated rings. The van der Waals surface area contributed by atoms with E-state index in [1.807, 2.05) is 0 Å². The van der Waals surface area contributed by atoms with Crippen LogP contribution in [-0.4, -0.2) is 16.3 Å². The molecule has 0 aliphatic rings. The predicted molar refractivity (Wildman–Crippen MR) is 65.3 cm³/mol. The Morgan fingerprint density at radius 3 is 2.81 bits per heavy atom. The quantitative estimate of drug-likeness (QED) is 0.741. The van der Waals surface area contributed by atoms with Gasteiger partial charge in [-0.1, -0.05) is 20.8 Å². The summed E-state index contributed by atoms with van der Waals surface area (Å²) in [6.45, 7) is 8.67. The molecule has 4 heteroatoms. The minimum absolute atomic E-state index is 0.0204. The zero-order valence-corrected chi connectivity index (χ0v) is 10.4. The van der Waals surface area contributed by atoms with Crippen LogP contribution in [0.2, 0.25) is 0 Å². The maximum Gasteiger partial charge on any atom is 0.266 e. The van der Waals surface area contributed by atoms with Crippen LogP contribution in [0.4, 0.5) is 0 Å². The molecule has 0 aliphatic heterocycles. The smallest absolute Gasteiger partial charge is 0.266 e. The topological polar surface area (TPSA) is 46.9 Å². The average molecular weight is 223 g/mol. The van der Waals surface area contributed by atoms with Crippen molar-refractivity contribution in [2.45, 2.75) is 40.3 Å². The number of hydrogen-bond donors (Lipinski definition) is 1. The molecular formula is C12H21N3O. The zero-order valence-electron chi connectivity index (χ0n) is 10.4. The summed E-state index contributed by atoms with van der Waals surface area (Å²) in [5, 5.41) is 7.60. The number of hydrogen-bond acceptors (Lipinski definition) is 3. The molecule has 90 valence electrons. The first-order valence-electron chi connectivity index (χ1n) is 5.91. The minimum Gasteiger partial charge on any atom is -0.311 e. The molecular weight excluding hydrogens is 202 g/mol. The summed E-state index contributed by atoms with van der Waals surface area (Å²) in [7, 11) is 0. The summed E-state index contributed by atoms with van der Waals surface area (Å²) in [5.41, 5.74) is 0.904. The molecule has 0 amide bonds. The molecule has 0 unspecified atom stereocenters. The van der Waals surface area contributed by atoms with E-state index in [-0.39, 0.29) is 5.56 Å². The minimum atomic E-state index is -0.0204. The van der Waals surface area contributed by atoms with Gasteiger partial charge in [0, 0.05) is 19.2 Å². The van der Waals surface area contributed by atoms with Gasteiger partial charge >= 0.3 is 0 Å². The Morgan fingerprint density at radius 2 is 2.19 bits per heavy atom. The van der Waals surface area contributed by atoms with Crippen molar-refractivity contribution in [3.05, 3.63) is 28.2 Å². The average Bonchev–Trinajstić information content (AvgIpc) is 2.22. The van der Waals surface area contributed by atoms with Gasteiger partial charge < -0.3 is 5.32 Å². The lowest BCUT2D eigenvalue weighted by atomic mass is 10.2. The van der Waals surface area contributed by atoms with Gasteiger partial charge in [-0.15, -0.1) is 0 Å². The van der Waals surface area contributed by atoms with E-state index in [9.17, 15) is 4.79 Å². The Bertz CT molecular complexity index is 371. The second kappa shape index (κ2) is 6.43. The predicted octanol–water partition coefficient (Wildman–Crippen LogP) is 1.40. The van der Waals surface area contributed by atoms with E-state index in [2.05, 4.69) is 31.2 Å². The van der Waals surface area contributed by atoms with Crippen LogP contribution in [0.15, 0.2) is 16.9 Å². The van der Waals surface area contributed by atoms with Gasteiger partial charge in [0.15, 0.2) is 0 Å².